The summed E-state index contributed by atoms with van der Waals surface area (Å²) in [6.45, 7) is 5.70. The van der Waals surface area contributed by atoms with Crippen molar-refractivity contribution in [2.75, 3.05) is 17.4 Å². The van der Waals surface area contributed by atoms with Gasteiger partial charge >= 0.3 is 0 Å². The quantitative estimate of drug-likeness (QED) is 0.180. The van der Waals surface area contributed by atoms with E-state index in [0.29, 0.717) is 18.7 Å². The lowest BCUT2D eigenvalue weighted by Crippen LogP contribution is -2.53. The first-order valence-electron chi connectivity index (χ1n) is 14.7. The van der Waals surface area contributed by atoms with Crippen molar-refractivity contribution in [3.05, 3.63) is 130 Å². The second kappa shape index (κ2) is 15.2. The van der Waals surface area contributed by atoms with E-state index >= 15 is 0 Å². The predicted molar refractivity (Wildman–Crippen MR) is 179 cm³/mol. The van der Waals surface area contributed by atoms with Crippen LogP contribution in [0.4, 0.5) is 5.69 Å². The maximum absolute atomic E-state index is 14.5. The molecule has 1 atom stereocenters. The first kappa shape index (κ1) is 33.0. The molecule has 230 valence electrons. The Morgan fingerprint density at radius 1 is 0.818 bits per heavy atom. The number of hydrogen-bond donors (Lipinski definition) is 1. The van der Waals surface area contributed by atoms with E-state index in [4.69, 9.17) is 0 Å². The number of anilines is 1. The molecule has 0 aliphatic carbocycles. The van der Waals surface area contributed by atoms with Crippen molar-refractivity contribution in [2.45, 2.75) is 51.1 Å². The molecule has 4 rings (SSSR count). The molecule has 44 heavy (non-hydrogen) atoms. The number of hydrogen-bond acceptors (Lipinski definition) is 4. The lowest BCUT2D eigenvalue weighted by Gasteiger charge is -2.34. The van der Waals surface area contributed by atoms with Gasteiger partial charge in [-0.15, -0.1) is 0 Å². The van der Waals surface area contributed by atoms with Crippen molar-refractivity contribution in [2.24, 2.45) is 0 Å². The van der Waals surface area contributed by atoms with Gasteiger partial charge in [-0.2, -0.15) is 0 Å². The molecule has 0 saturated carbocycles. The summed E-state index contributed by atoms with van der Waals surface area (Å²) in [6.07, 6.45) is 0.841. The van der Waals surface area contributed by atoms with Gasteiger partial charge in [0.2, 0.25) is 11.8 Å². The molecule has 0 heterocycles. The Morgan fingerprint density at radius 3 is 2.09 bits per heavy atom. The molecule has 9 heteroatoms. The monoisotopic (exact) mass is 675 g/mol. The second-order valence-electron chi connectivity index (χ2n) is 10.6. The molecular weight excluding hydrogens is 638 g/mol. The zero-order chi connectivity index (χ0) is 31.7. The zero-order valence-corrected chi connectivity index (χ0v) is 27.6. The molecule has 4 aromatic rings. The number of likely N-dealkylation sites (N-methyl/N-ethyl adjacent to an activating group) is 1. The van der Waals surface area contributed by atoms with Crippen molar-refractivity contribution >= 4 is 43.5 Å². The Balaban J connectivity index is 1.82. The highest BCUT2D eigenvalue weighted by Gasteiger charge is 2.35. The average Bonchev–Trinajstić information content (AvgIpc) is 3.03. The summed E-state index contributed by atoms with van der Waals surface area (Å²) in [4.78, 5) is 29.7. The standard InChI is InChI=1S/C35H38BrN3O4S/c1-4-29-13-9-10-14-32(29)39(44(42,43)31-21-15-26(3)16-22-31)25-34(40)38(24-28-17-19-30(36)20-18-28)33(35(41)37-5-2)23-27-11-7-6-8-12-27/h6-22,33H,4-5,23-25H2,1-3H3,(H,37,41)/t33-/m0/s1. The Hall–Kier alpha value is -3.95. The smallest absolute Gasteiger partial charge is 0.264 e. The van der Waals surface area contributed by atoms with Crippen LogP contribution in [0, 0.1) is 6.92 Å². The van der Waals surface area contributed by atoms with Crippen molar-refractivity contribution in [3.8, 4) is 0 Å². The third kappa shape index (κ3) is 8.15. The van der Waals surface area contributed by atoms with Crippen LogP contribution in [0.25, 0.3) is 0 Å². The van der Waals surface area contributed by atoms with Crippen molar-refractivity contribution in [3.63, 3.8) is 0 Å². The van der Waals surface area contributed by atoms with Gasteiger partial charge < -0.3 is 10.2 Å². The first-order chi connectivity index (χ1) is 21.1. The maximum atomic E-state index is 14.5. The Labute approximate surface area is 269 Å². The van der Waals surface area contributed by atoms with Gasteiger partial charge in [0.1, 0.15) is 12.6 Å². The highest BCUT2D eigenvalue weighted by molar-refractivity contribution is 9.10. The molecule has 7 nitrogen and oxygen atoms in total. The van der Waals surface area contributed by atoms with Crippen molar-refractivity contribution in [1.29, 1.82) is 0 Å². The third-order valence-electron chi connectivity index (χ3n) is 7.42. The molecule has 0 saturated heterocycles. The Kier molecular flexibility index (Phi) is 11.4. The lowest BCUT2D eigenvalue weighted by atomic mass is 10.0. The van der Waals surface area contributed by atoms with Gasteiger partial charge in [-0.3, -0.25) is 13.9 Å². The minimum atomic E-state index is -4.15. The SMILES string of the molecule is CCNC(=O)[C@H](Cc1ccccc1)N(Cc1ccc(Br)cc1)C(=O)CN(c1ccccc1CC)S(=O)(=O)c1ccc(C)cc1. The molecule has 0 spiro atoms. The molecule has 0 radical (unpaired) electrons. The van der Waals surface area contributed by atoms with Gasteiger partial charge in [-0.05, 0) is 67.3 Å². The van der Waals surface area contributed by atoms with Gasteiger partial charge in [-0.25, -0.2) is 8.42 Å². The number of amides is 2. The fraction of sp³-hybridized carbons (Fsp3) is 0.257. The van der Waals surface area contributed by atoms with Crippen LogP contribution in [0.5, 0.6) is 0 Å². The summed E-state index contributed by atoms with van der Waals surface area (Å²) in [6, 6.07) is 30.0. The topological polar surface area (TPSA) is 86.8 Å². The van der Waals surface area contributed by atoms with Gasteiger partial charge in [-0.1, -0.05) is 101 Å². The molecule has 0 unspecified atom stereocenters. The Morgan fingerprint density at radius 2 is 1.45 bits per heavy atom. The number of sulfonamides is 1. The van der Waals surface area contributed by atoms with E-state index < -0.39 is 28.5 Å². The highest BCUT2D eigenvalue weighted by atomic mass is 79.9. The van der Waals surface area contributed by atoms with Crippen LogP contribution in [0.1, 0.15) is 36.1 Å². The fourth-order valence-corrected chi connectivity index (χ4v) is 6.75. The second-order valence-corrected chi connectivity index (χ2v) is 13.3. The Bertz CT molecular complexity index is 1660. The molecular formula is C35H38BrN3O4S. The third-order valence-corrected chi connectivity index (χ3v) is 9.72. The number of rotatable bonds is 13. The summed E-state index contributed by atoms with van der Waals surface area (Å²) < 4.78 is 30.5. The minimum absolute atomic E-state index is 0.0887. The molecule has 0 aliphatic rings. The number of carbonyl (C=O) groups is 2. The van der Waals surface area contributed by atoms with Gasteiger partial charge in [0, 0.05) is 24.0 Å². The van der Waals surface area contributed by atoms with Crippen LogP contribution < -0.4 is 9.62 Å². The largest absolute Gasteiger partial charge is 0.355 e. The van der Waals surface area contributed by atoms with Crippen LogP contribution in [-0.4, -0.2) is 44.3 Å². The first-order valence-corrected chi connectivity index (χ1v) is 16.9. The van der Waals surface area contributed by atoms with Gasteiger partial charge in [0.05, 0.1) is 10.6 Å². The van der Waals surface area contributed by atoms with Crippen LogP contribution >= 0.6 is 15.9 Å². The molecule has 1 N–H and O–H groups in total. The summed E-state index contributed by atoms with van der Waals surface area (Å²) in [7, 11) is -4.15. The molecule has 0 fully saturated rings. The van der Waals surface area contributed by atoms with E-state index in [1.807, 2.05) is 87.5 Å². The van der Waals surface area contributed by atoms with Gasteiger partial charge in [0.25, 0.3) is 10.0 Å². The zero-order valence-electron chi connectivity index (χ0n) is 25.2. The van der Waals surface area contributed by atoms with E-state index in [1.54, 1.807) is 36.4 Å². The molecule has 4 aromatic carbocycles. The number of nitrogens with one attached hydrogen (secondary N) is 1. The number of para-hydroxylation sites is 1. The number of aryl methyl sites for hydroxylation is 2. The van der Waals surface area contributed by atoms with E-state index in [0.717, 1.165) is 26.7 Å². The van der Waals surface area contributed by atoms with Crippen molar-refractivity contribution < 1.29 is 18.0 Å². The summed E-state index contributed by atoms with van der Waals surface area (Å²) in [5.74, 6) is -0.787. The molecule has 0 aromatic heterocycles. The molecule has 2 amide bonds. The summed E-state index contributed by atoms with van der Waals surface area (Å²) >= 11 is 3.46. The molecule has 0 bridgehead atoms. The number of nitrogens with zero attached hydrogens (tertiary/aromatic N) is 2. The number of carbonyl (C=O) groups excluding carboxylic acids is 2. The number of halogens is 1. The van der Waals surface area contributed by atoms with E-state index in [2.05, 4.69) is 21.2 Å². The maximum Gasteiger partial charge on any atom is 0.264 e. The lowest BCUT2D eigenvalue weighted by molar-refractivity contribution is -0.140. The fourth-order valence-electron chi connectivity index (χ4n) is 5.04. The minimum Gasteiger partial charge on any atom is -0.355 e. The van der Waals surface area contributed by atoms with E-state index in [1.165, 1.54) is 9.21 Å². The molecule has 0 aliphatic heterocycles. The van der Waals surface area contributed by atoms with Crippen LogP contribution in [0.2, 0.25) is 0 Å². The van der Waals surface area contributed by atoms with Gasteiger partial charge in [0.15, 0.2) is 0 Å². The number of benzene rings is 4. The predicted octanol–water partition coefficient (Wildman–Crippen LogP) is 6.29. The summed E-state index contributed by atoms with van der Waals surface area (Å²) in [5, 5.41) is 2.89. The summed E-state index contributed by atoms with van der Waals surface area (Å²) in [5.41, 5.74) is 3.85. The average molecular weight is 677 g/mol. The normalized spacial score (nSPS) is 11.9. The highest BCUT2D eigenvalue weighted by Crippen LogP contribution is 2.29. The van der Waals surface area contributed by atoms with Crippen LogP contribution in [0.15, 0.2) is 112 Å². The van der Waals surface area contributed by atoms with E-state index in [9.17, 15) is 18.0 Å². The van der Waals surface area contributed by atoms with E-state index in [-0.39, 0.29) is 23.8 Å². The van der Waals surface area contributed by atoms with Crippen molar-refractivity contribution in [1.82, 2.24) is 10.2 Å². The van der Waals surface area contributed by atoms with Crippen LogP contribution in [0.3, 0.4) is 0 Å². The van der Waals surface area contributed by atoms with Crippen LogP contribution in [-0.2, 0) is 39.0 Å².